The molecule has 0 bridgehead atoms. The lowest BCUT2D eigenvalue weighted by Crippen LogP contribution is -2.26. The third-order valence-electron chi connectivity index (χ3n) is 2.87. The molecular weight excluding hydrogens is 292 g/mol. The molecule has 0 amide bonds. The third-order valence-corrected chi connectivity index (χ3v) is 5.55. The molecule has 1 heterocycles. The summed E-state index contributed by atoms with van der Waals surface area (Å²) in [5.74, 6) is 0. The molecule has 0 unspecified atom stereocenters. The number of hydrogen-bond donors (Lipinski definition) is 0. The Morgan fingerprint density at radius 2 is 1.95 bits per heavy atom. The van der Waals surface area contributed by atoms with Crippen LogP contribution < -0.4 is 0 Å². The fraction of sp³-hybridized carbons (Fsp3) is 0.214. The first-order chi connectivity index (χ1) is 9.54. The van der Waals surface area contributed by atoms with Gasteiger partial charge in [-0.25, -0.2) is 8.42 Å². The molecule has 0 fully saturated rings. The smallest absolute Gasteiger partial charge is 0.207 e. The van der Waals surface area contributed by atoms with Crippen LogP contribution in [-0.2, 0) is 23.0 Å². The van der Waals surface area contributed by atoms with Gasteiger partial charge >= 0.3 is 0 Å². The molecule has 0 saturated heterocycles. The molecule has 0 saturated carbocycles. The standard InChI is InChI=1S/C14H14N2O2S2/c1-16(11-13-3-2-10-19-13)20(17,18)14-6-4-12(5-7-14)8-9-15/h2-7,10H,8,11H2,1H3. The van der Waals surface area contributed by atoms with E-state index in [9.17, 15) is 8.42 Å². The summed E-state index contributed by atoms with van der Waals surface area (Å²) in [6.07, 6.45) is 0.283. The van der Waals surface area contributed by atoms with Crippen LogP contribution in [0.15, 0.2) is 46.7 Å². The Bertz CT molecular complexity index is 699. The summed E-state index contributed by atoms with van der Waals surface area (Å²) in [4.78, 5) is 1.25. The van der Waals surface area contributed by atoms with Crippen molar-refractivity contribution in [3.05, 3.63) is 52.2 Å². The monoisotopic (exact) mass is 306 g/mol. The van der Waals surface area contributed by atoms with Gasteiger partial charge in [-0.05, 0) is 29.1 Å². The van der Waals surface area contributed by atoms with Crippen LogP contribution in [0.3, 0.4) is 0 Å². The predicted octanol–water partition coefficient (Wildman–Crippen LogP) is 2.63. The minimum absolute atomic E-state index is 0.248. The number of hydrogen-bond acceptors (Lipinski definition) is 4. The van der Waals surface area contributed by atoms with Gasteiger partial charge in [-0.3, -0.25) is 0 Å². The first kappa shape index (κ1) is 14.7. The van der Waals surface area contributed by atoms with Crippen LogP contribution in [0.5, 0.6) is 0 Å². The van der Waals surface area contributed by atoms with Crippen LogP contribution in [-0.4, -0.2) is 19.8 Å². The Kier molecular flexibility index (Phi) is 4.55. The highest BCUT2D eigenvalue weighted by Gasteiger charge is 2.20. The average Bonchev–Trinajstić information content (AvgIpc) is 2.92. The number of rotatable bonds is 5. The Labute approximate surface area is 123 Å². The minimum atomic E-state index is -3.49. The highest BCUT2D eigenvalue weighted by molar-refractivity contribution is 7.89. The molecule has 0 aliphatic carbocycles. The molecular formula is C14H14N2O2S2. The minimum Gasteiger partial charge on any atom is -0.207 e. The molecule has 0 atom stereocenters. The lowest BCUT2D eigenvalue weighted by atomic mass is 10.2. The van der Waals surface area contributed by atoms with Crippen LogP contribution in [0.4, 0.5) is 0 Å². The van der Waals surface area contributed by atoms with Crippen LogP contribution in [0.25, 0.3) is 0 Å². The van der Waals surface area contributed by atoms with Gasteiger partial charge in [0.15, 0.2) is 0 Å². The van der Waals surface area contributed by atoms with Crippen molar-refractivity contribution in [1.29, 1.82) is 5.26 Å². The Hall–Kier alpha value is -1.68. The molecule has 6 heteroatoms. The van der Waals surface area contributed by atoms with Crippen molar-refractivity contribution in [2.24, 2.45) is 0 Å². The molecule has 4 nitrogen and oxygen atoms in total. The summed E-state index contributed by atoms with van der Waals surface area (Å²) in [7, 11) is -1.92. The van der Waals surface area contributed by atoms with Gasteiger partial charge in [-0.15, -0.1) is 11.3 Å². The molecule has 2 aromatic rings. The van der Waals surface area contributed by atoms with Gasteiger partial charge in [0.2, 0.25) is 10.0 Å². The number of benzene rings is 1. The number of thiophene rings is 1. The molecule has 104 valence electrons. The van der Waals surface area contributed by atoms with Crippen LogP contribution in [0, 0.1) is 11.3 Å². The van der Waals surface area contributed by atoms with E-state index in [2.05, 4.69) is 0 Å². The Balaban J connectivity index is 2.19. The zero-order chi connectivity index (χ0) is 14.6. The molecule has 1 aromatic carbocycles. The normalized spacial score (nSPS) is 11.4. The topological polar surface area (TPSA) is 61.2 Å². The quantitative estimate of drug-likeness (QED) is 0.853. The molecule has 1 aromatic heterocycles. The SMILES string of the molecule is CN(Cc1cccs1)S(=O)(=O)c1ccc(CC#N)cc1. The highest BCUT2D eigenvalue weighted by atomic mass is 32.2. The number of sulfonamides is 1. The largest absolute Gasteiger partial charge is 0.243 e. The van der Waals surface area contributed by atoms with Gasteiger partial charge in [-0.2, -0.15) is 9.57 Å². The lowest BCUT2D eigenvalue weighted by molar-refractivity contribution is 0.469. The van der Waals surface area contributed by atoms with Crippen LogP contribution in [0.1, 0.15) is 10.4 Å². The fourth-order valence-electron chi connectivity index (χ4n) is 1.76. The molecule has 0 aliphatic heterocycles. The molecule has 0 aliphatic rings. The van der Waals surface area contributed by atoms with E-state index in [0.29, 0.717) is 6.54 Å². The predicted molar refractivity (Wildman–Crippen MR) is 78.7 cm³/mol. The van der Waals surface area contributed by atoms with Crippen LogP contribution >= 0.6 is 11.3 Å². The van der Waals surface area contributed by atoms with E-state index in [4.69, 9.17) is 5.26 Å². The number of nitriles is 1. The van der Waals surface area contributed by atoms with E-state index in [1.54, 1.807) is 31.3 Å². The maximum atomic E-state index is 12.4. The lowest BCUT2D eigenvalue weighted by Gasteiger charge is -2.16. The summed E-state index contributed by atoms with van der Waals surface area (Å²) >= 11 is 1.53. The maximum absolute atomic E-state index is 12.4. The van der Waals surface area contributed by atoms with E-state index in [-0.39, 0.29) is 11.3 Å². The molecule has 0 spiro atoms. The van der Waals surface area contributed by atoms with E-state index in [0.717, 1.165) is 10.4 Å². The molecule has 0 N–H and O–H groups in total. The second kappa shape index (κ2) is 6.18. The van der Waals surface area contributed by atoms with Crippen molar-refractivity contribution >= 4 is 21.4 Å². The average molecular weight is 306 g/mol. The highest BCUT2D eigenvalue weighted by Crippen LogP contribution is 2.19. The van der Waals surface area contributed by atoms with Crippen molar-refractivity contribution in [2.45, 2.75) is 17.9 Å². The molecule has 2 rings (SSSR count). The fourth-order valence-corrected chi connectivity index (χ4v) is 3.75. The van der Waals surface area contributed by atoms with E-state index in [1.807, 2.05) is 23.6 Å². The number of nitrogens with zero attached hydrogens (tertiary/aromatic N) is 2. The summed E-state index contributed by atoms with van der Waals surface area (Å²) in [5.41, 5.74) is 0.812. The Morgan fingerprint density at radius 3 is 2.50 bits per heavy atom. The first-order valence-corrected chi connectivity index (χ1v) is 8.30. The van der Waals surface area contributed by atoms with Crippen molar-refractivity contribution in [1.82, 2.24) is 4.31 Å². The van der Waals surface area contributed by atoms with Gasteiger partial charge in [0, 0.05) is 18.5 Å². The Morgan fingerprint density at radius 1 is 1.25 bits per heavy atom. The van der Waals surface area contributed by atoms with Gasteiger partial charge in [0.1, 0.15) is 0 Å². The van der Waals surface area contributed by atoms with Crippen molar-refractivity contribution < 1.29 is 8.42 Å². The van der Waals surface area contributed by atoms with E-state index >= 15 is 0 Å². The second-order valence-corrected chi connectivity index (χ2v) is 7.40. The van der Waals surface area contributed by atoms with Crippen molar-refractivity contribution in [3.8, 4) is 6.07 Å². The van der Waals surface area contributed by atoms with Gasteiger partial charge in [0.25, 0.3) is 0 Å². The summed E-state index contributed by atoms with van der Waals surface area (Å²) in [5, 5.41) is 10.5. The summed E-state index contributed by atoms with van der Waals surface area (Å²) in [6.45, 7) is 0.361. The van der Waals surface area contributed by atoms with Crippen LogP contribution in [0.2, 0.25) is 0 Å². The van der Waals surface area contributed by atoms with Gasteiger partial charge in [-0.1, -0.05) is 18.2 Å². The third kappa shape index (κ3) is 3.25. The molecule has 0 radical (unpaired) electrons. The van der Waals surface area contributed by atoms with Gasteiger partial charge in [0.05, 0.1) is 17.4 Å². The van der Waals surface area contributed by atoms with Crippen molar-refractivity contribution in [3.63, 3.8) is 0 Å². The first-order valence-electron chi connectivity index (χ1n) is 5.98. The summed E-state index contributed by atoms with van der Waals surface area (Å²) < 4.78 is 26.1. The van der Waals surface area contributed by atoms with E-state index in [1.165, 1.54) is 15.6 Å². The zero-order valence-electron chi connectivity index (χ0n) is 11.0. The molecule has 20 heavy (non-hydrogen) atoms. The summed E-state index contributed by atoms with van der Waals surface area (Å²) in [6, 6.07) is 12.3. The van der Waals surface area contributed by atoms with Gasteiger partial charge < -0.3 is 0 Å². The van der Waals surface area contributed by atoms with E-state index < -0.39 is 10.0 Å². The zero-order valence-corrected chi connectivity index (χ0v) is 12.6. The second-order valence-electron chi connectivity index (χ2n) is 4.32. The van der Waals surface area contributed by atoms with Crippen molar-refractivity contribution in [2.75, 3.05) is 7.05 Å². The maximum Gasteiger partial charge on any atom is 0.243 e.